The number of hydrogen-bond donors (Lipinski definition) is 2. The lowest BCUT2D eigenvalue weighted by atomic mass is 10.1. The Kier molecular flexibility index (Phi) is 5.33. The summed E-state index contributed by atoms with van der Waals surface area (Å²) in [6.07, 6.45) is 2.36. The summed E-state index contributed by atoms with van der Waals surface area (Å²) in [5.41, 5.74) is 1.86. The van der Waals surface area contributed by atoms with Crippen molar-refractivity contribution in [3.05, 3.63) is 66.2 Å². The van der Waals surface area contributed by atoms with Gasteiger partial charge in [0.05, 0.1) is 11.4 Å². The Morgan fingerprint density at radius 3 is 2.34 bits per heavy atom. The molecule has 8 heteroatoms. The van der Waals surface area contributed by atoms with Crippen molar-refractivity contribution in [2.45, 2.75) is 12.8 Å². The van der Waals surface area contributed by atoms with Gasteiger partial charge in [0.25, 0.3) is 0 Å². The molecule has 0 aliphatic carbocycles. The summed E-state index contributed by atoms with van der Waals surface area (Å²) in [5, 5.41) is 13.5. The Labute approximate surface area is 166 Å². The number of rotatable bonds is 4. The fourth-order valence-electron chi connectivity index (χ4n) is 3.20. The molecule has 0 atom stereocenters. The van der Waals surface area contributed by atoms with Crippen LogP contribution in [0.5, 0.6) is 0 Å². The molecule has 1 saturated heterocycles. The van der Waals surface area contributed by atoms with Gasteiger partial charge in [-0.25, -0.2) is 13.6 Å². The number of aromatic nitrogens is 2. The van der Waals surface area contributed by atoms with Crippen LogP contribution < -0.4 is 15.5 Å². The Balaban J connectivity index is 1.39. The van der Waals surface area contributed by atoms with E-state index in [1.807, 2.05) is 12.1 Å². The number of amides is 2. The molecule has 0 spiro atoms. The number of urea groups is 1. The highest BCUT2D eigenvalue weighted by Crippen LogP contribution is 2.23. The Hall–Kier alpha value is -3.55. The van der Waals surface area contributed by atoms with Crippen LogP contribution in [-0.4, -0.2) is 29.3 Å². The summed E-state index contributed by atoms with van der Waals surface area (Å²) in [5.74, 6) is -0.471. The first kappa shape index (κ1) is 18.8. The van der Waals surface area contributed by atoms with E-state index < -0.39 is 17.7 Å². The van der Waals surface area contributed by atoms with Gasteiger partial charge in [-0.3, -0.25) is 0 Å². The molecule has 0 unspecified atom stereocenters. The largest absolute Gasteiger partial charge is 0.355 e. The predicted molar refractivity (Wildman–Crippen MR) is 108 cm³/mol. The van der Waals surface area contributed by atoms with Crippen molar-refractivity contribution in [2.24, 2.45) is 0 Å². The van der Waals surface area contributed by atoms with Crippen molar-refractivity contribution in [1.29, 1.82) is 0 Å². The quantitative estimate of drug-likeness (QED) is 0.674. The van der Waals surface area contributed by atoms with Gasteiger partial charge in [0.2, 0.25) is 0 Å². The Bertz CT molecular complexity index is 1000. The van der Waals surface area contributed by atoms with E-state index in [0.717, 1.165) is 48.4 Å². The van der Waals surface area contributed by atoms with Gasteiger partial charge in [0.15, 0.2) is 5.82 Å². The first-order valence-corrected chi connectivity index (χ1v) is 9.31. The van der Waals surface area contributed by atoms with E-state index in [9.17, 15) is 13.6 Å². The highest BCUT2D eigenvalue weighted by atomic mass is 19.1. The van der Waals surface area contributed by atoms with Crippen LogP contribution in [0, 0.1) is 11.6 Å². The third kappa shape index (κ3) is 4.48. The van der Waals surface area contributed by atoms with E-state index in [0.29, 0.717) is 5.69 Å². The lowest BCUT2D eigenvalue weighted by Crippen LogP contribution is -2.20. The number of carbonyl (C=O) groups is 1. The molecule has 4 rings (SSSR count). The van der Waals surface area contributed by atoms with Crippen molar-refractivity contribution < 1.29 is 13.6 Å². The predicted octanol–water partition coefficient (Wildman–Crippen LogP) is 4.67. The van der Waals surface area contributed by atoms with Crippen LogP contribution in [-0.2, 0) is 0 Å². The van der Waals surface area contributed by atoms with Crippen LogP contribution in [0.4, 0.5) is 30.8 Å². The molecule has 1 aliphatic rings. The second kappa shape index (κ2) is 8.22. The zero-order valence-electron chi connectivity index (χ0n) is 15.5. The van der Waals surface area contributed by atoms with Gasteiger partial charge in [-0.2, -0.15) is 0 Å². The van der Waals surface area contributed by atoms with Crippen molar-refractivity contribution in [1.82, 2.24) is 10.2 Å². The average Bonchev–Trinajstić information content (AvgIpc) is 3.26. The second-order valence-corrected chi connectivity index (χ2v) is 6.75. The molecule has 2 amide bonds. The van der Waals surface area contributed by atoms with E-state index in [1.54, 1.807) is 24.3 Å². The lowest BCUT2D eigenvalue weighted by molar-refractivity contribution is 0.262. The van der Waals surface area contributed by atoms with Crippen molar-refractivity contribution in [3.8, 4) is 11.3 Å². The number of benzene rings is 2. The molecule has 6 nitrogen and oxygen atoms in total. The van der Waals surface area contributed by atoms with Crippen LogP contribution in [0.2, 0.25) is 0 Å². The van der Waals surface area contributed by atoms with E-state index in [-0.39, 0.29) is 5.69 Å². The number of halogens is 2. The summed E-state index contributed by atoms with van der Waals surface area (Å²) in [6, 6.07) is 13.1. The van der Waals surface area contributed by atoms with Crippen LogP contribution in [0.15, 0.2) is 54.6 Å². The zero-order valence-corrected chi connectivity index (χ0v) is 15.5. The summed E-state index contributed by atoms with van der Waals surface area (Å²) >= 11 is 0. The number of carbonyl (C=O) groups excluding carboxylic acids is 1. The first-order chi connectivity index (χ1) is 14.1. The normalized spacial score (nSPS) is 13.4. The maximum absolute atomic E-state index is 13.6. The minimum atomic E-state index is -0.715. The van der Waals surface area contributed by atoms with Crippen molar-refractivity contribution in [2.75, 3.05) is 28.6 Å². The van der Waals surface area contributed by atoms with E-state index in [1.165, 1.54) is 12.8 Å². The summed E-state index contributed by atoms with van der Waals surface area (Å²) < 4.78 is 26.8. The monoisotopic (exact) mass is 395 g/mol. The minimum absolute atomic E-state index is 0.229. The van der Waals surface area contributed by atoms with Crippen LogP contribution in [0.1, 0.15) is 12.8 Å². The average molecular weight is 395 g/mol. The van der Waals surface area contributed by atoms with Gasteiger partial charge < -0.3 is 15.5 Å². The molecule has 0 bridgehead atoms. The molecule has 3 aromatic rings. The molecule has 2 heterocycles. The fraction of sp³-hybridized carbons (Fsp3) is 0.190. The van der Waals surface area contributed by atoms with Crippen molar-refractivity contribution >= 4 is 23.2 Å². The van der Waals surface area contributed by atoms with Gasteiger partial charge in [0, 0.05) is 30.4 Å². The maximum atomic E-state index is 13.6. The number of nitrogens with one attached hydrogen (secondary N) is 2. The molecule has 148 valence electrons. The van der Waals surface area contributed by atoms with Crippen LogP contribution >= 0.6 is 0 Å². The molecule has 29 heavy (non-hydrogen) atoms. The highest BCUT2D eigenvalue weighted by molar-refractivity contribution is 5.99. The van der Waals surface area contributed by atoms with Gasteiger partial charge in [0.1, 0.15) is 11.6 Å². The standard InChI is InChI=1S/C21H19F2N5O/c22-15-5-8-17(23)19(13-15)25-21(29)24-16-6-3-14(4-7-16)18-9-10-20(27-26-18)28-11-1-2-12-28/h3-10,13H,1-2,11-12H2,(H2,24,25,29). The molecule has 0 saturated carbocycles. The molecule has 0 radical (unpaired) electrons. The third-order valence-corrected chi connectivity index (χ3v) is 4.70. The molecule has 1 aromatic heterocycles. The summed E-state index contributed by atoms with van der Waals surface area (Å²) in [7, 11) is 0. The summed E-state index contributed by atoms with van der Waals surface area (Å²) in [6.45, 7) is 2.02. The smallest absolute Gasteiger partial charge is 0.323 e. The molecular weight excluding hydrogens is 376 g/mol. The number of hydrogen-bond acceptors (Lipinski definition) is 4. The van der Waals surface area contributed by atoms with E-state index in [2.05, 4.69) is 25.7 Å². The third-order valence-electron chi connectivity index (χ3n) is 4.70. The van der Waals surface area contributed by atoms with Crippen LogP contribution in [0.3, 0.4) is 0 Å². The molecule has 1 aliphatic heterocycles. The SMILES string of the molecule is O=C(Nc1ccc(-c2ccc(N3CCCC3)nn2)cc1)Nc1cc(F)ccc1F. The second-order valence-electron chi connectivity index (χ2n) is 6.75. The van der Waals surface area contributed by atoms with Crippen LogP contribution in [0.25, 0.3) is 11.3 Å². The van der Waals surface area contributed by atoms with Gasteiger partial charge in [-0.1, -0.05) is 12.1 Å². The number of anilines is 3. The van der Waals surface area contributed by atoms with E-state index in [4.69, 9.17) is 0 Å². The molecule has 2 N–H and O–H groups in total. The Morgan fingerprint density at radius 2 is 1.66 bits per heavy atom. The highest BCUT2D eigenvalue weighted by Gasteiger charge is 2.14. The van der Waals surface area contributed by atoms with Crippen molar-refractivity contribution in [3.63, 3.8) is 0 Å². The van der Waals surface area contributed by atoms with Gasteiger partial charge in [-0.15, -0.1) is 10.2 Å². The molecule has 2 aromatic carbocycles. The zero-order chi connectivity index (χ0) is 20.2. The minimum Gasteiger partial charge on any atom is -0.355 e. The maximum Gasteiger partial charge on any atom is 0.323 e. The molecule has 1 fully saturated rings. The van der Waals surface area contributed by atoms with Gasteiger partial charge >= 0.3 is 6.03 Å². The lowest BCUT2D eigenvalue weighted by Gasteiger charge is -2.15. The summed E-state index contributed by atoms with van der Waals surface area (Å²) in [4.78, 5) is 14.2. The first-order valence-electron chi connectivity index (χ1n) is 9.31. The number of nitrogens with zero attached hydrogens (tertiary/aromatic N) is 3. The molecular formula is C21H19F2N5O. The fourth-order valence-corrected chi connectivity index (χ4v) is 3.20. The van der Waals surface area contributed by atoms with Gasteiger partial charge in [-0.05, 0) is 49.2 Å². The Morgan fingerprint density at radius 1 is 0.897 bits per heavy atom. The topological polar surface area (TPSA) is 70.2 Å². The van der Waals surface area contributed by atoms with E-state index >= 15 is 0 Å².